The van der Waals surface area contributed by atoms with Gasteiger partial charge in [-0.05, 0) is 24.3 Å². The highest BCUT2D eigenvalue weighted by Crippen LogP contribution is 2.01. The average Bonchev–Trinajstić information content (AvgIpc) is 2.92. The normalized spacial score (nSPS) is 13.4. The summed E-state index contributed by atoms with van der Waals surface area (Å²) in [6, 6.07) is 10.3. The zero-order chi connectivity index (χ0) is 9.64. The number of hydrogen-bond acceptors (Lipinski definition) is 2. The zero-order valence-corrected chi connectivity index (χ0v) is 7.85. The van der Waals surface area contributed by atoms with E-state index in [9.17, 15) is 0 Å². The molecule has 0 unspecified atom stereocenters. The lowest BCUT2D eigenvalue weighted by Crippen LogP contribution is -2.19. The summed E-state index contributed by atoms with van der Waals surface area (Å²) in [6.45, 7) is 0.958. The number of hydrogen-bond donors (Lipinski definition) is 2. The minimum atomic E-state index is 0.958. The van der Waals surface area contributed by atoms with Gasteiger partial charge in [-0.2, -0.15) is 0 Å². The molecule has 2 aromatic rings. The summed E-state index contributed by atoms with van der Waals surface area (Å²) in [6.07, 6.45) is 7.96. The molecular formula is C11H13N3. The molecule has 0 saturated carbocycles. The second-order valence-electron chi connectivity index (χ2n) is 2.97. The van der Waals surface area contributed by atoms with Crippen LogP contribution in [0.2, 0.25) is 0 Å². The molecule has 3 heteroatoms. The van der Waals surface area contributed by atoms with Gasteiger partial charge in [0.15, 0.2) is 0 Å². The number of fused-ring (bicyclic) bond motifs is 1. The summed E-state index contributed by atoms with van der Waals surface area (Å²) in [5.74, 6) is 0. The summed E-state index contributed by atoms with van der Waals surface area (Å²) in [4.78, 5) is 0. The topological polar surface area (TPSA) is 28.5 Å². The van der Waals surface area contributed by atoms with Crippen molar-refractivity contribution in [2.45, 2.75) is 0 Å². The van der Waals surface area contributed by atoms with E-state index in [1.165, 1.54) is 5.52 Å². The predicted octanol–water partition coefficient (Wildman–Crippen LogP) is 1.55. The Bertz CT molecular complexity index is 381. The SMILES string of the molecule is C1=CNNC1.c1ccn2cccc2c1. The van der Waals surface area contributed by atoms with Crippen LogP contribution in [0.5, 0.6) is 0 Å². The van der Waals surface area contributed by atoms with Crippen molar-refractivity contribution < 1.29 is 0 Å². The molecule has 0 aliphatic carbocycles. The lowest BCUT2D eigenvalue weighted by Gasteiger charge is -1.88. The molecule has 72 valence electrons. The van der Waals surface area contributed by atoms with Crippen LogP contribution >= 0.6 is 0 Å². The smallest absolute Gasteiger partial charge is 0.0449 e. The van der Waals surface area contributed by atoms with Crippen molar-refractivity contribution in [3.05, 3.63) is 55.0 Å². The molecule has 0 bridgehead atoms. The molecule has 3 heterocycles. The Hall–Kier alpha value is -1.74. The molecule has 0 spiro atoms. The minimum absolute atomic E-state index is 0.958. The molecule has 3 rings (SSSR count). The first kappa shape index (κ1) is 8.84. The van der Waals surface area contributed by atoms with E-state index < -0.39 is 0 Å². The maximum atomic E-state index is 2.86. The molecule has 3 nitrogen and oxygen atoms in total. The van der Waals surface area contributed by atoms with Gasteiger partial charge in [0.2, 0.25) is 0 Å². The van der Waals surface area contributed by atoms with Crippen LogP contribution in [0.25, 0.3) is 5.52 Å². The first-order valence-corrected chi connectivity index (χ1v) is 4.62. The van der Waals surface area contributed by atoms with E-state index >= 15 is 0 Å². The molecule has 14 heavy (non-hydrogen) atoms. The van der Waals surface area contributed by atoms with Crippen molar-refractivity contribution >= 4 is 5.52 Å². The van der Waals surface area contributed by atoms with Crippen LogP contribution < -0.4 is 10.9 Å². The Kier molecular flexibility index (Phi) is 2.83. The third kappa shape index (κ3) is 2.14. The van der Waals surface area contributed by atoms with E-state index in [4.69, 9.17) is 0 Å². The Balaban J connectivity index is 0.000000128. The Morgan fingerprint density at radius 2 is 1.93 bits per heavy atom. The van der Waals surface area contributed by atoms with Crippen molar-refractivity contribution in [1.82, 2.24) is 15.3 Å². The van der Waals surface area contributed by atoms with Crippen LogP contribution in [-0.4, -0.2) is 10.9 Å². The highest BCUT2D eigenvalue weighted by Gasteiger charge is 1.83. The highest BCUT2D eigenvalue weighted by atomic mass is 15.4. The van der Waals surface area contributed by atoms with E-state index in [-0.39, 0.29) is 0 Å². The van der Waals surface area contributed by atoms with E-state index in [2.05, 4.69) is 27.4 Å². The van der Waals surface area contributed by atoms with Crippen LogP contribution in [0.3, 0.4) is 0 Å². The van der Waals surface area contributed by atoms with Gasteiger partial charge < -0.3 is 9.83 Å². The Morgan fingerprint density at radius 3 is 2.57 bits per heavy atom. The first-order chi connectivity index (χ1) is 6.97. The monoisotopic (exact) mass is 187 g/mol. The molecule has 0 fully saturated rings. The van der Waals surface area contributed by atoms with Crippen molar-refractivity contribution in [3.8, 4) is 0 Å². The van der Waals surface area contributed by atoms with Crippen molar-refractivity contribution in [2.75, 3.05) is 6.54 Å². The molecule has 1 aliphatic rings. The number of nitrogens with one attached hydrogen (secondary N) is 2. The molecule has 0 amide bonds. The summed E-state index contributed by atoms with van der Waals surface area (Å²) < 4.78 is 2.08. The third-order valence-electron chi connectivity index (χ3n) is 1.96. The lowest BCUT2D eigenvalue weighted by atomic mass is 10.4. The van der Waals surface area contributed by atoms with E-state index in [0.29, 0.717) is 0 Å². The highest BCUT2D eigenvalue weighted by molar-refractivity contribution is 5.46. The van der Waals surface area contributed by atoms with Crippen molar-refractivity contribution in [1.29, 1.82) is 0 Å². The van der Waals surface area contributed by atoms with Crippen LogP contribution in [-0.2, 0) is 0 Å². The van der Waals surface area contributed by atoms with Crippen LogP contribution in [0.4, 0.5) is 0 Å². The van der Waals surface area contributed by atoms with Gasteiger partial charge in [-0.25, -0.2) is 5.43 Å². The van der Waals surface area contributed by atoms with Crippen LogP contribution in [0, 0.1) is 0 Å². The van der Waals surface area contributed by atoms with Gasteiger partial charge in [-0.1, -0.05) is 12.1 Å². The molecule has 2 N–H and O–H groups in total. The summed E-state index contributed by atoms with van der Waals surface area (Å²) in [5.41, 5.74) is 6.90. The van der Waals surface area contributed by atoms with Crippen LogP contribution in [0.1, 0.15) is 0 Å². The Labute approximate surface area is 83.0 Å². The largest absolute Gasteiger partial charge is 0.329 e. The third-order valence-corrected chi connectivity index (χ3v) is 1.96. The van der Waals surface area contributed by atoms with Gasteiger partial charge in [0.1, 0.15) is 0 Å². The van der Waals surface area contributed by atoms with Gasteiger partial charge in [-0.15, -0.1) is 0 Å². The van der Waals surface area contributed by atoms with Gasteiger partial charge in [0.05, 0.1) is 0 Å². The second-order valence-corrected chi connectivity index (χ2v) is 2.97. The quantitative estimate of drug-likeness (QED) is 0.655. The predicted molar refractivity (Wildman–Crippen MR) is 57.7 cm³/mol. The number of nitrogens with zero attached hydrogens (tertiary/aromatic N) is 1. The zero-order valence-electron chi connectivity index (χ0n) is 7.85. The number of hydrazine groups is 1. The standard InChI is InChI=1S/C8H7N.C3H6N2/c1-2-6-9-7-3-5-8(9)4-1;1-2-4-5-3-1/h1-7H;1-2,4-5H,3H2. The lowest BCUT2D eigenvalue weighted by molar-refractivity contribution is 0.727. The number of rotatable bonds is 0. The van der Waals surface area contributed by atoms with Gasteiger partial charge in [0.25, 0.3) is 0 Å². The van der Waals surface area contributed by atoms with Crippen molar-refractivity contribution in [3.63, 3.8) is 0 Å². The maximum Gasteiger partial charge on any atom is 0.0449 e. The van der Waals surface area contributed by atoms with Gasteiger partial charge in [0, 0.05) is 30.7 Å². The van der Waals surface area contributed by atoms with E-state index in [0.717, 1.165) is 6.54 Å². The minimum Gasteiger partial charge on any atom is -0.329 e. The second kappa shape index (κ2) is 4.48. The molecule has 2 aromatic heterocycles. The van der Waals surface area contributed by atoms with E-state index in [1.54, 1.807) is 0 Å². The summed E-state index contributed by atoms with van der Waals surface area (Å²) >= 11 is 0. The number of pyridine rings is 1. The molecular weight excluding hydrogens is 174 g/mol. The summed E-state index contributed by atoms with van der Waals surface area (Å²) in [7, 11) is 0. The average molecular weight is 187 g/mol. The van der Waals surface area contributed by atoms with Crippen LogP contribution in [0.15, 0.2) is 55.0 Å². The summed E-state index contributed by atoms with van der Waals surface area (Å²) in [5, 5.41) is 0. The molecule has 0 aromatic carbocycles. The fourth-order valence-electron chi connectivity index (χ4n) is 1.28. The Morgan fingerprint density at radius 1 is 1.07 bits per heavy atom. The van der Waals surface area contributed by atoms with Crippen molar-refractivity contribution in [2.24, 2.45) is 0 Å². The first-order valence-electron chi connectivity index (χ1n) is 4.62. The fourth-order valence-corrected chi connectivity index (χ4v) is 1.28. The van der Waals surface area contributed by atoms with E-state index in [1.807, 2.05) is 42.9 Å². The molecule has 0 radical (unpaired) electrons. The maximum absolute atomic E-state index is 2.86. The molecule has 0 atom stereocenters. The van der Waals surface area contributed by atoms with Gasteiger partial charge >= 0.3 is 0 Å². The molecule has 0 saturated heterocycles. The number of aromatic nitrogens is 1. The van der Waals surface area contributed by atoms with Gasteiger partial charge in [-0.3, -0.25) is 0 Å². The fraction of sp³-hybridized carbons (Fsp3) is 0.0909. The molecule has 1 aliphatic heterocycles.